The molecule has 0 saturated carbocycles. The molecule has 0 N–H and O–H groups in total. The maximum Gasteiger partial charge on any atom is 0.123 e. The van der Waals surface area contributed by atoms with Crippen LogP contribution in [0.2, 0.25) is 0 Å². The monoisotopic (exact) mass is 235 g/mol. The summed E-state index contributed by atoms with van der Waals surface area (Å²) in [4.78, 5) is 10.6. The fourth-order valence-corrected chi connectivity index (χ4v) is 1.72. The molecule has 1 aromatic rings. The van der Waals surface area contributed by atoms with Gasteiger partial charge in [0.1, 0.15) is 5.75 Å². The zero-order valence-corrected chi connectivity index (χ0v) is 10.9. The Morgan fingerprint density at radius 1 is 1.35 bits per heavy atom. The standard InChI is InChI=1S/C14H20O3/c1-5-17-12-7-6-10(9-13(15)16)8-11(12)14(2,3)4/h6-8H,5,9H2,1-4H3,(H,15,16)/p-1. The number of benzene rings is 1. The van der Waals surface area contributed by atoms with Gasteiger partial charge in [-0.2, -0.15) is 0 Å². The maximum atomic E-state index is 10.6. The molecule has 0 spiro atoms. The number of carboxylic acid groups (broad SMARTS) is 1. The van der Waals surface area contributed by atoms with Gasteiger partial charge in [0.25, 0.3) is 0 Å². The summed E-state index contributed by atoms with van der Waals surface area (Å²) in [5.74, 6) is -0.240. The van der Waals surface area contributed by atoms with Crippen LogP contribution in [0.25, 0.3) is 0 Å². The van der Waals surface area contributed by atoms with Gasteiger partial charge in [-0.25, -0.2) is 0 Å². The van der Waals surface area contributed by atoms with Crippen LogP contribution in [0.4, 0.5) is 0 Å². The van der Waals surface area contributed by atoms with Gasteiger partial charge < -0.3 is 14.6 Å². The largest absolute Gasteiger partial charge is 0.550 e. The van der Waals surface area contributed by atoms with E-state index in [2.05, 4.69) is 20.8 Å². The number of hydrogen-bond acceptors (Lipinski definition) is 3. The summed E-state index contributed by atoms with van der Waals surface area (Å²) in [5, 5.41) is 10.6. The Labute approximate surface area is 102 Å². The topological polar surface area (TPSA) is 49.4 Å². The summed E-state index contributed by atoms with van der Waals surface area (Å²) < 4.78 is 5.56. The normalized spacial score (nSPS) is 11.3. The third kappa shape index (κ3) is 3.77. The minimum Gasteiger partial charge on any atom is -0.550 e. The molecule has 0 aliphatic carbocycles. The summed E-state index contributed by atoms with van der Waals surface area (Å²) in [6.45, 7) is 8.76. The number of ether oxygens (including phenoxy) is 1. The van der Waals surface area contributed by atoms with Gasteiger partial charge in [-0.05, 0) is 29.5 Å². The first-order valence-electron chi connectivity index (χ1n) is 5.80. The number of carbonyl (C=O) groups excluding carboxylic acids is 1. The first-order valence-corrected chi connectivity index (χ1v) is 5.80. The molecule has 0 radical (unpaired) electrons. The number of aliphatic carboxylic acids is 1. The van der Waals surface area contributed by atoms with E-state index in [4.69, 9.17) is 4.74 Å². The van der Waals surface area contributed by atoms with Crippen molar-refractivity contribution in [1.29, 1.82) is 0 Å². The van der Waals surface area contributed by atoms with Crippen LogP contribution in [0.5, 0.6) is 5.75 Å². The van der Waals surface area contributed by atoms with Gasteiger partial charge in [0.2, 0.25) is 0 Å². The van der Waals surface area contributed by atoms with Crippen molar-refractivity contribution in [3.8, 4) is 5.75 Å². The third-order valence-electron chi connectivity index (χ3n) is 2.50. The third-order valence-corrected chi connectivity index (χ3v) is 2.50. The van der Waals surface area contributed by atoms with Crippen LogP contribution in [0.3, 0.4) is 0 Å². The zero-order chi connectivity index (χ0) is 13.1. The number of hydrogen-bond donors (Lipinski definition) is 0. The highest BCUT2D eigenvalue weighted by atomic mass is 16.5. The summed E-state index contributed by atoms with van der Waals surface area (Å²) in [6.07, 6.45) is -0.0600. The van der Waals surface area contributed by atoms with Crippen molar-refractivity contribution in [2.75, 3.05) is 6.61 Å². The van der Waals surface area contributed by atoms with Crippen LogP contribution in [0, 0.1) is 0 Å². The van der Waals surface area contributed by atoms with Crippen LogP contribution in [0.1, 0.15) is 38.8 Å². The summed E-state index contributed by atoms with van der Waals surface area (Å²) in [5.41, 5.74) is 1.70. The highest BCUT2D eigenvalue weighted by molar-refractivity contribution is 5.68. The van der Waals surface area contributed by atoms with Gasteiger partial charge in [-0.15, -0.1) is 0 Å². The van der Waals surface area contributed by atoms with Gasteiger partial charge in [-0.1, -0.05) is 32.9 Å². The Kier molecular flexibility index (Phi) is 4.16. The molecule has 3 nitrogen and oxygen atoms in total. The number of carboxylic acids is 1. The molecule has 3 heteroatoms. The lowest BCUT2D eigenvalue weighted by Gasteiger charge is -2.23. The average molecular weight is 235 g/mol. The van der Waals surface area contributed by atoms with E-state index < -0.39 is 5.97 Å². The van der Waals surface area contributed by atoms with Gasteiger partial charge in [0, 0.05) is 12.4 Å². The molecular weight excluding hydrogens is 216 g/mol. The summed E-state index contributed by atoms with van der Waals surface area (Å²) in [6, 6.07) is 5.50. The molecule has 1 aromatic carbocycles. The zero-order valence-electron chi connectivity index (χ0n) is 10.9. The van der Waals surface area contributed by atoms with Crippen molar-refractivity contribution in [2.24, 2.45) is 0 Å². The van der Waals surface area contributed by atoms with Crippen LogP contribution >= 0.6 is 0 Å². The Balaban J connectivity index is 3.14. The highest BCUT2D eigenvalue weighted by Gasteiger charge is 2.19. The van der Waals surface area contributed by atoms with Gasteiger partial charge in [-0.3, -0.25) is 0 Å². The average Bonchev–Trinajstić information content (AvgIpc) is 2.18. The van der Waals surface area contributed by atoms with Crippen molar-refractivity contribution >= 4 is 5.97 Å². The number of rotatable bonds is 4. The van der Waals surface area contributed by atoms with Crippen molar-refractivity contribution in [3.63, 3.8) is 0 Å². The van der Waals surface area contributed by atoms with E-state index in [0.717, 1.165) is 16.9 Å². The molecule has 0 atom stereocenters. The molecule has 0 aliphatic heterocycles. The fraction of sp³-hybridized carbons (Fsp3) is 0.500. The molecule has 94 valence electrons. The first-order chi connectivity index (χ1) is 7.84. The van der Waals surface area contributed by atoms with Crippen LogP contribution < -0.4 is 9.84 Å². The maximum absolute atomic E-state index is 10.6. The predicted molar refractivity (Wildman–Crippen MR) is 65.0 cm³/mol. The molecule has 0 heterocycles. The summed E-state index contributed by atoms with van der Waals surface area (Å²) >= 11 is 0. The number of carbonyl (C=O) groups is 1. The lowest BCUT2D eigenvalue weighted by atomic mass is 9.85. The minimum absolute atomic E-state index is 0.0600. The molecule has 0 fully saturated rings. The predicted octanol–water partition coefficient (Wildman–Crippen LogP) is 1.68. The second-order valence-electron chi connectivity index (χ2n) is 5.06. The molecule has 1 rings (SSSR count). The molecule has 17 heavy (non-hydrogen) atoms. The van der Waals surface area contributed by atoms with E-state index in [1.165, 1.54) is 0 Å². The van der Waals surface area contributed by atoms with Crippen molar-refractivity contribution in [2.45, 2.75) is 39.5 Å². The Bertz CT molecular complexity index is 402. The second-order valence-corrected chi connectivity index (χ2v) is 5.06. The lowest BCUT2D eigenvalue weighted by Crippen LogP contribution is -2.24. The molecule has 0 unspecified atom stereocenters. The highest BCUT2D eigenvalue weighted by Crippen LogP contribution is 2.32. The Hall–Kier alpha value is -1.51. The first kappa shape index (κ1) is 13.6. The van der Waals surface area contributed by atoms with Crippen LogP contribution in [-0.2, 0) is 16.6 Å². The van der Waals surface area contributed by atoms with Crippen LogP contribution in [-0.4, -0.2) is 12.6 Å². The molecule has 0 saturated heterocycles. The van der Waals surface area contributed by atoms with Crippen LogP contribution in [0.15, 0.2) is 18.2 Å². The van der Waals surface area contributed by atoms with Gasteiger partial charge in [0.15, 0.2) is 0 Å². The van der Waals surface area contributed by atoms with E-state index in [0.29, 0.717) is 6.61 Å². The fourth-order valence-electron chi connectivity index (χ4n) is 1.72. The van der Waals surface area contributed by atoms with E-state index >= 15 is 0 Å². The summed E-state index contributed by atoms with van der Waals surface area (Å²) in [7, 11) is 0. The molecule has 0 aromatic heterocycles. The quantitative estimate of drug-likeness (QED) is 0.797. The SMILES string of the molecule is CCOc1ccc(CC(=O)[O-])cc1C(C)(C)C. The van der Waals surface area contributed by atoms with Crippen molar-refractivity contribution in [3.05, 3.63) is 29.3 Å². The second kappa shape index (κ2) is 5.21. The lowest BCUT2D eigenvalue weighted by molar-refractivity contribution is -0.304. The molecule has 0 bridgehead atoms. The Morgan fingerprint density at radius 3 is 2.47 bits per heavy atom. The van der Waals surface area contributed by atoms with E-state index in [9.17, 15) is 9.90 Å². The van der Waals surface area contributed by atoms with E-state index in [1.807, 2.05) is 19.1 Å². The van der Waals surface area contributed by atoms with Crippen molar-refractivity contribution in [1.82, 2.24) is 0 Å². The van der Waals surface area contributed by atoms with E-state index in [-0.39, 0.29) is 11.8 Å². The van der Waals surface area contributed by atoms with Gasteiger partial charge in [0.05, 0.1) is 6.61 Å². The molecular formula is C14H19O3-. The Morgan fingerprint density at radius 2 is 2.00 bits per heavy atom. The molecule has 0 aliphatic rings. The minimum atomic E-state index is -1.06. The smallest absolute Gasteiger partial charge is 0.123 e. The van der Waals surface area contributed by atoms with E-state index in [1.54, 1.807) is 6.07 Å². The van der Waals surface area contributed by atoms with Crippen molar-refractivity contribution < 1.29 is 14.6 Å². The van der Waals surface area contributed by atoms with Gasteiger partial charge >= 0.3 is 0 Å². The molecule has 0 amide bonds.